The van der Waals surface area contributed by atoms with E-state index < -0.39 is 35.6 Å². The molecule has 1 aromatic carbocycles. The molecule has 0 radical (unpaired) electrons. The summed E-state index contributed by atoms with van der Waals surface area (Å²) in [5, 5.41) is 0. The number of halogens is 7. The van der Waals surface area contributed by atoms with Crippen LogP contribution < -0.4 is 5.90 Å². The Morgan fingerprint density at radius 1 is 1.00 bits per heavy atom. The second-order valence-electron chi connectivity index (χ2n) is 3.18. The van der Waals surface area contributed by atoms with Crippen LogP contribution in [0.1, 0.15) is 16.7 Å². The Morgan fingerprint density at radius 2 is 1.56 bits per heavy atom. The molecule has 18 heavy (non-hydrogen) atoms. The van der Waals surface area contributed by atoms with Crippen LogP contribution in [-0.2, 0) is 23.8 Å². The first-order valence-electron chi connectivity index (χ1n) is 4.25. The Bertz CT molecular complexity index is 403. The average Bonchev–Trinajstić information content (AvgIpc) is 2.15. The molecule has 0 fully saturated rings. The molecular formula is C9H8ClF6NO. The molecule has 2 nitrogen and oxygen atoms in total. The van der Waals surface area contributed by atoms with Gasteiger partial charge in [0.15, 0.2) is 0 Å². The number of hydrogen-bond donors (Lipinski definition) is 1. The summed E-state index contributed by atoms with van der Waals surface area (Å²) in [5.74, 6) is 4.58. The van der Waals surface area contributed by atoms with Crippen LogP contribution in [0.25, 0.3) is 0 Å². The van der Waals surface area contributed by atoms with Crippen molar-refractivity contribution in [2.75, 3.05) is 0 Å². The summed E-state index contributed by atoms with van der Waals surface area (Å²) < 4.78 is 74.1. The van der Waals surface area contributed by atoms with E-state index >= 15 is 0 Å². The van der Waals surface area contributed by atoms with E-state index in [1.807, 2.05) is 0 Å². The first-order chi connectivity index (χ1) is 7.66. The molecule has 0 aromatic heterocycles. The van der Waals surface area contributed by atoms with Gasteiger partial charge in [-0.3, -0.25) is 4.84 Å². The molecular weight excluding hydrogens is 288 g/mol. The van der Waals surface area contributed by atoms with E-state index in [0.29, 0.717) is 18.2 Å². The summed E-state index contributed by atoms with van der Waals surface area (Å²) >= 11 is 0. The van der Waals surface area contributed by atoms with Gasteiger partial charge in [0.25, 0.3) is 0 Å². The molecule has 0 unspecified atom stereocenters. The van der Waals surface area contributed by atoms with Gasteiger partial charge in [-0.05, 0) is 23.8 Å². The Morgan fingerprint density at radius 3 is 1.94 bits per heavy atom. The topological polar surface area (TPSA) is 35.2 Å². The Labute approximate surface area is 104 Å². The predicted molar refractivity (Wildman–Crippen MR) is 52.7 cm³/mol. The highest BCUT2D eigenvalue weighted by atomic mass is 35.5. The summed E-state index contributed by atoms with van der Waals surface area (Å²) in [6.45, 7) is -0.751. The van der Waals surface area contributed by atoms with Gasteiger partial charge in [0.1, 0.15) is 0 Å². The van der Waals surface area contributed by atoms with Crippen LogP contribution in [0.15, 0.2) is 18.2 Å². The smallest absolute Gasteiger partial charge is 0.300 e. The van der Waals surface area contributed by atoms with Gasteiger partial charge in [-0.1, -0.05) is 0 Å². The van der Waals surface area contributed by atoms with Gasteiger partial charge >= 0.3 is 12.4 Å². The number of nitrogens with two attached hydrogens (primary N) is 1. The minimum atomic E-state index is -4.75. The maximum Gasteiger partial charge on any atom is 0.416 e. The molecule has 0 aliphatic heterocycles. The van der Waals surface area contributed by atoms with E-state index in [4.69, 9.17) is 0 Å². The van der Waals surface area contributed by atoms with Gasteiger partial charge in [0, 0.05) is 0 Å². The van der Waals surface area contributed by atoms with Gasteiger partial charge in [0.05, 0.1) is 17.7 Å². The molecule has 2 N–H and O–H groups in total. The Balaban J connectivity index is 0.00000289. The number of hydrogen-bond acceptors (Lipinski definition) is 2. The van der Waals surface area contributed by atoms with Crippen molar-refractivity contribution >= 4 is 12.4 Å². The lowest BCUT2D eigenvalue weighted by molar-refractivity contribution is -0.142. The van der Waals surface area contributed by atoms with E-state index in [2.05, 4.69) is 10.7 Å². The molecule has 1 rings (SSSR count). The van der Waals surface area contributed by atoms with Crippen molar-refractivity contribution in [3.05, 3.63) is 34.9 Å². The summed E-state index contributed by atoms with van der Waals surface area (Å²) in [4.78, 5) is 3.96. The van der Waals surface area contributed by atoms with Crippen LogP contribution in [-0.4, -0.2) is 0 Å². The summed E-state index contributed by atoms with van der Waals surface area (Å²) in [6, 6.07) is 1.09. The lowest BCUT2D eigenvalue weighted by Crippen LogP contribution is -2.14. The quantitative estimate of drug-likeness (QED) is 0.669. The highest BCUT2D eigenvalue weighted by molar-refractivity contribution is 5.85. The zero-order chi connectivity index (χ0) is 13.3. The third kappa shape index (κ3) is 4.04. The zero-order valence-electron chi connectivity index (χ0n) is 8.60. The monoisotopic (exact) mass is 295 g/mol. The lowest BCUT2D eigenvalue weighted by atomic mass is 10.0. The minimum absolute atomic E-state index is 0. The summed E-state index contributed by atoms with van der Waals surface area (Å²) in [7, 11) is 0. The fourth-order valence-corrected chi connectivity index (χ4v) is 1.26. The van der Waals surface area contributed by atoms with E-state index in [1.54, 1.807) is 0 Å². The van der Waals surface area contributed by atoms with E-state index in [-0.39, 0.29) is 12.4 Å². The molecule has 0 spiro atoms. The van der Waals surface area contributed by atoms with Gasteiger partial charge in [-0.25, -0.2) is 5.90 Å². The SMILES string of the molecule is Cl.NOCc1cc(C(F)(F)F)ccc1C(F)(F)F. The zero-order valence-corrected chi connectivity index (χ0v) is 9.42. The van der Waals surface area contributed by atoms with Crippen molar-refractivity contribution in [3.63, 3.8) is 0 Å². The summed E-state index contributed by atoms with van der Waals surface area (Å²) in [6.07, 6.45) is -9.47. The maximum atomic E-state index is 12.4. The molecule has 9 heteroatoms. The fraction of sp³-hybridized carbons (Fsp3) is 0.333. The fourth-order valence-electron chi connectivity index (χ4n) is 1.26. The first kappa shape index (κ1) is 17.0. The molecule has 104 valence electrons. The Hall–Kier alpha value is -0.990. The van der Waals surface area contributed by atoms with Crippen LogP contribution >= 0.6 is 12.4 Å². The van der Waals surface area contributed by atoms with Gasteiger partial charge in [0.2, 0.25) is 0 Å². The van der Waals surface area contributed by atoms with Crippen LogP contribution in [0.5, 0.6) is 0 Å². The molecule has 0 amide bonds. The van der Waals surface area contributed by atoms with Crippen LogP contribution in [0.2, 0.25) is 0 Å². The summed E-state index contributed by atoms with van der Waals surface area (Å²) in [5.41, 5.74) is -3.04. The number of alkyl halides is 6. The van der Waals surface area contributed by atoms with E-state index in [1.165, 1.54) is 0 Å². The van der Waals surface area contributed by atoms with Crippen LogP contribution in [0.3, 0.4) is 0 Å². The second kappa shape index (κ2) is 5.77. The predicted octanol–water partition coefficient (Wildman–Crippen LogP) is 3.54. The lowest BCUT2D eigenvalue weighted by Gasteiger charge is -2.14. The number of benzene rings is 1. The van der Waals surface area contributed by atoms with Crippen molar-refractivity contribution in [2.45, 2.75) is 19.0 Å². The standard InChI is InChI=1S/C9H7F6NO.ClH/c10-8(11,12)6-1-2-7(9(13,14)15)5(3-6)4-17-16;/h1-3H,4,16H2;1H. The molecule has 1 aromatic rings. The maximum absolute atomic E-state index is 12.4. The van der Waals surface area contributed by atoms with E-state index in [0.717, 1.165) is 0 Å². The van der Waals surface area contributed by atoms with Gasteiger partial charge in [-0.15, -0.1) is 12.4 Å². The third-order valence-corrected chi connectivity index (χ3v) is 1.98. The largest absolute Gasteiger partial charge is 0.416 e. The van der Waals surface area contributed by atoms with Crippen molar-refractivity contribution in [1.82, 2.24) is 0 Å². The van der Waals surface area contributed by atoms with Gasteiger partial charge in [-0.2, -0.15) is 26.3 Å². The average molecular weight is 296 g/mol. The molecule has 0 atom stereocenters. The van der Waals surface area contributed by atoms with Crippen LogP contribution in [0, 0.1) is 0 Å². The Kier molecular flexibility index (Phi) is 5.45. The van der Waals surface area contributed by atoms with E-state index in [9.17, 15) is 26.3 Å². The minimum Gasteiger partial charge on any atom is -0.300 e. The molecule has 0 saturated carbocycles. The van der Waals surface area contributed by atoms with Crippen molar-refractivity contribution < 1.29 is 31.2 Å². The molecule has 0 aliphatic carbocycles. The van der Waals surface area contributed by atoms with Crippen LogP contribution in [0.4, 0.5) is 26.3 Å². The van der Waals surface area contributed by atoms with Crippen molar-refractivity contribution in [2.24, 2.45) is 5.90 Å². The molecule has 0 bridgehead atoms. The van der Waals surface area contributed by atoms with Crippen molar-refractivity contribution in [1.29, 1.82) is 0 Å². The first-order valence-corrected chi connectivity index (χ1v) is 4.25. The third-order valence-electron chi connectivity index (χ3n) is 1.98. The number of rotatable bonds is 2. The van der Waals surface area contributed by atoms with Crippen molar-refractivity contribution in [3.8, 4) is 0 Å². The molecule has 0 heterocycles. The highest BCUT2D eigenvalue weighted by Crippen LogP contribution is 2.36. The normalized spacial score (nSPS) is 12.2. The molecule has 0 saturated heterocycles. The highest BCUT2D eigenvalue weighted by Gasteiger charge is 2.36. The second-order valence-corrected chi connectivity index (χ2v) is 3.18. The molecule has 0 aliphatic rings. The van der Waals surface area contributed by atoms with Gasteiger partial charge < -0.3 is 0 Å².